The van der Waals surface area contributed by atoms with E-state index in [1.165, 1.54) is 23.1 Å². The first-order valence-electron chi connectivity index (χ1n) is 8.26. The second-order valence-electron chi connectivity index (χ2n) is 5.63. The molecule has 0 radical (unpaired) electrons. The minimum Gasteiger partial charge on any atom is -0.466 e. The number of amides is 1. The van der Waals surface area contributed by atoms with Crippen molar-refractivity contribution in [3.63, 3.8) is 0 Å². The summed E-state index contributed by atoms with van der Waals surface area (Å²) in [5.74, 6) is -1.12. The molecule has 0 N–H and O–H groups in total. The quantitative estimate of drug-likeness (QED) is 0.486. The van der Waals surface area contributed by atoms with Gasteiger partial charge in [0.2, 0.25) is 0 Å². The van der Waals surface area contributed by atoms with Crippen molar-refractivity contribution in [2.24, 2.45) is 0 Å². The van der Waals surface area contributed by atoms with Crippen molar-refractivity contribution >= 4 is 11.9 Å². The van der Waals surface area contributed by atoms with Gasteiger partial charge in [0.1, 0.15) is 5.82 Å². The van der Waals surface area contributed by atoms with Crippen LogP contribution in [0.25, 0.3) is 0 Å². The fraction of sp³-hybridized carbons (Fsp3) is 0.556. The molecule has 0 atom stereocenters. The Kier molecular flexibility index (Phi) is 9.01. The standard InChI is InChI=1S/C18H26FNO4/c1-4-23-17(21)9-11-20(10-6-12-24-14(2)3)18(22)15-7-5-8-16(19)13-15/h5,7-8,13-14H,4,6,9-12H2,1-3H3. The number of carbonyl (C=O) groups excluding carboxylic acids is 2. The highest BCUT2D eigenvalue weighted by atomic mass is 19.1. The first-order valence-corrected chi connectivity index (χ1v) is 8.26. The van der Waals surface area contributed by atoms with Crippen molar-refractivity contribution in [1.29, 1.82) is 0 Å². The van der Waals surface area contributed by atoms with Gasteiger partial charge >= 0.3 is 5.97 Å². The van der Waals surface area contributed by atoms with Crippen molar-refractivity contribution in [3.8, 4) is 0 Å². The summed E-state index contributed by atoms with van der Waals surface area (Å²) in [6, 6.07) is 5.54. The minimum absolute atomic E-state index is 0.111. The van der Waals surface area contributed by atoms with Crippen LogP contribution in [0.4, 0.5) is 4.39 Å². The summed E-state index contributed by atoms with van der Waals surface area (Å²) >= 11 is 0. The number of carbonyl (C=O) groups is 2. The van der Waals surface area contributed by atoms with Crippen molar-refractivity contribution in [2.75, 3.05) is 26.3 Å². The van der Waals surface area contributed by atoms with E-state index in [4.69, 9.17) is 9.47 Å². The number of nitrogens with zero attached hydrogens (tertiary/aromatic N) is 1. The normalized spacial score (nSPS) is 10.7. The first kappa shape index (κ1) is 20.1. The van der Waals surface area contributed by atoms with Crippen molar-refractivity contribution in [2.45, 2.75) is 39.7 Å². The average Bonchev–Trinajstić information content (AvgIpc) is 2.53. The van der Waals surface area contributed by atoms with Crippen molar-refractivity contribution < 1.29 is 23.5 Å². The molecule has 6 heteroatoms. The molecule has 0 unspecified atom stereocenters. The zero-order chi connectivity index (χ0) is 17.9. The van der Waals surface area contributed by atoms with Gasteiger partial charge in [-0.1, -0.05) is 6.07 Å². The summed E-state index contributed by atoms with van der Waals surface area (Å²) in [5, 5.41) is 0. The Labute approximate surface area is 142 Å². The lowest BCUT2D eigenvalue weighted by Crippen LogP contribution is -2.35. The number of rotatable bonds is 10. The Morgan fingerprint density at radius 3 is 2.62 bits per heavy atom. The van der Waals surface area contributed by atoms with E-state index in [9.17, 15) is 14.0 Å². The lowest BCUT2D eigenvalue weighted by atomic mass is 10.2. The molecule has 0 aliphatic rings. The molecule has 0 saturated carbocycles. The van der Waals surface area contributed by atoms with E-state index in [-0.39, 0.29) is 36.5 Å². The van der Waals surface area contributed by atoms with E-state index in [2.05, 4.69) is 0 Å². The topological polar surface area (TPSA) is 55.8 Å². The zero-order valence-electron chi connectivity index (χ0n) is 14.6. The monoisotopic (exact) mass is 339 g/mol. The molecule has 24 heavy (non-hydrogen) atoms. The molecule has 1 aromatic rings. The van der Waals surface area contributed by atoms with Gasteiger partial charge in [-0.3, -0.25) is 9.59 Å². The van der Waals surface area contributed by atoms with Crippen molar-refractivity contribution in [3.05, 3.63) is 35.6 Å². The molecule has 0 aromatic heterocycles. The molecule has 5 nitrogen and oxygen atoms in total. The van der Waals surface area contributed by atoms with E-state index in [0.717, 1.165) is 0 Å². The fourth-order valence-electron chi connectivity index (χ4n) is 2.15. The number of benzene rings is 1. The predicted molar refractivity (Wildman–Crippen MR) is 89.3 cm³/mol. The van der Waals surface area contributed by atoms with Crippen LogP contribution in [0.1, 0.15) is 44.0 Å². The van der Waals surface area contributed by atoms with Crippen molar-refractivity contribution in [1.82, 2.24) is 4.90 Å². The molecule has 0 aliphatic carbocycles. The van der Waals surface area contributed by atoms with Gasteiger partial charge in [-0.05, 0) is 45.4 Å². The zero-order valence-corrected chi connectivity index (χ0v) is 14.6. The number of hydrogen-bond donors (Lipinski definition) is 0. The van der Waals surface area contributed by atoms with Gasteiger partial charge in [0.25, 0.3) is 5.91 Å². The number of hydrogen-bond acceptors (Lipinski definition) is 4. The Morgan fingerprint density at radius 1 is 1.25 bits per heavy atom. The molecule has 1 amide bonds. The lowest BCUT2D eigenvalue weighted by Gasteiger charge is -2.23. The number of ether oxygens (including phenoxy) is 2. The molecule has 0 aliphatic heterocycles. The van der Waals surface area contributed by atoms with Crippen LogP contribution in [0.5, 0.6) is 0 Å². The lowest BCUT2D eigenvalue weighted by molar-refractivity contribution is -0.143. The van der Waals surface area contributed by atoms with Gasteiger partial charge in [0, 0.05) is 25.3 Å². The molecule has 1 rings (SSSR count). The Morgan fingerprint density at radius 2 is 2.00 bits per heavy atom. The fourth-order valence-corrected chi connectivity index (χ4v) is 2.15. The van der Waals surface area contributed by atoms with E-state index in [1.807, 2.05) is 13.8 Å². The molecular weight excluding hydrogens is 313 g/mol. The summed E-state index contributed by atoms with van der Waals surface area (Å²) in [6.45, 7) is 7.10. The third-order valence-electron chi connectivity index (χ3n) is 3.27. The van der Waals surface area contributed by atoms with Crippen LogP contribution >= 0.6 is 0 Å². The Hall–Kier alpha value is -1.95. The maximum Gasteiger partial charge on any atom is 0.307 e. The summed E-state index contributed by atoms with van der Waals surface area (Å²) in [5.41, 5.74) is 0.267. The van der Waals surface area contributed by atoms with Crippen LogP contribution in [0.15, 0.2) is 24.3 Å². The van der Waals surface area contributed by atoms with Crippen LogP contribution in [-0.4, -0.2) is 49.2 Å². The van der Waals surface area contributed by atoms with Gasteiger partial charge in [-0.15, -0.1) is 0 Å². The third kappa shape index (κ3) is 7.55. The van der Waals surface area contributed by atoms with E-state index in [1.54, 1.807) is 13.0 Å². The molecule has 134 valence electrons. The van der Waals surface area contributed by atoms with Crippen LogP contribution in [0, 0.1) is 5.82 Å². The molecule has 0 bridgehead atoms. The Balaban J connectivity index is 2.67. The van der Waals surface area contributed by atoms with Gasteiger partial charge in [0.05, 0.1) is 19.1 Å². The molecular formula is C18H26FNO4. The predicted octanol–water partition coefficient (Wildman–Crippen LogP) is 3.04. The summed E-state index contributed by atoms with van der Waals surface area (Å²) in [7, 11) is 0. The highest BCUT2D eigenvalue weighted by molar-refractivity contribution is 5.94. The minimum atomic E-state index is -0.464. The largest absolute Gasteiger partial charge is 0.466 e. The van der Waals surface area contributed by atoms with E-state index >= 15 is 0 Å². The van der Waals surface area contributed by atoms with Gasteiger partial charge in [-0.2, -0.15) is 0 Å². The van der Waals surface area contributed by atoms with E-state index < -0.39 is 5.82 Å². The summed E-state index contributed by atoms with van der Waals surface area (Å²) in [4.78, 5) is 25.6. The number of halogens is 1. The summed E-state index contributed by atoms with van der Waals surface area (Å²) in [6.07, 6.45) is 0.874. The van der Waals surface area contributed by atoms with Crippen LogP contribution in [0.2, 0.25) is 0 Å². The molecule has 0 saturated heterocycles. The third-order valence-corrected chi connectivity index (χ3v) is 3.27. The molecule has 1 aromatic carbocycles. The highest BCUT2D eigenvalue weighted by Gasteiger charge is 2.17. The van der Waals surface area contributed by atoms with Gasteiger partial charge in [-0.25, -0.2) is 4.39 Å². The molecule has 0 spiro atoms. The van der Waals surface area contributed by atoms with Crippen LogP contribution in [-0.2, 0) is 14.3 Å². The van der Waals surface area contributed by atoms with E-state index in [0.29, 0.717) is 26.2 Å². The second-order valence-corrected chi connectivity index (χ2v) is 5.63. The summed E-state index contributed by atoms with van der Waals surface area (Å²) < 4.78 is 23.7. The smallest absolute Gasteiger partial charge is 0.307 e. The maximum atomic E-state index is 13.3. The second kappa shape index (κ2) is 10.8. The Bertz CT molecular complexity index is 534. The van der Waals surface area contributed by atoms with Crippen LogP contribution < -0.4 is 0 Å². The molecule has 0 heterocycles. The SMILES string of the molecule is CCOC(=O)CCN(CCCOC(C)C)C(=O)c1cccc(F)c1. The first-order chi connectivity index (χ1) is 11.4. The average molecular weight is 339 g/mol. The van der Waals surface area contributed by atoms with Crippen LogP contribution in [0.3, 0.4) is 0 Å². The van der Waals surface area contributed by atoms with Gasteiger partial charge < -0.3 is 14.4 Å². The van der Waals surface area contributed by atoms with Gasteiger partial charge in [0.15, 0.2) is 0 Å². The molecule has 0 fully saturated rings. The number of esters is 1. The highest BCUT2D eigenvalue weighted by Crippen LogP contribution is 2.09. The maximum absolute atomic E-state index is 13.3.